The van der Waals surface area contributed by atoms with Crippen molar-refractivity contribution in [2.75, 3.05) is 6.16 Å². The summed E-state index contributed by atoms with van der Waals surface area (Å²) in [5.74, 6) is -3.60. The predicted octanol–water partition coefficient (Wildman–Crippen LogP) is 1.34. The molecule has 0 fully saturated rings. The number of hydrogen-bond acceptors (Lipinski definition) is 4. The van der Waals surface area contributed by atoms with Crippen molar-refractivity contribution in [1.29, 1.82) is 0 Å². The topological polar surface area (TPSA) is 121 Å². The first-order chi connectivity index (χ1) is 8.25. The minimum Gasteiger partial charge on any atom is -0.508 e. The molecule has 1 unspecified atom stereocenters. The maximum Gasteiger partial charge on any atom is 0.306 e. The van der Waals surface area contributed by atoms with E-state index in [1.807, 2.05) is 0 Å². The van der Waals surface area contributed by atoms with E-state index in [1.54, 1.807) is 12.1 Å². The van der Waals surface area contributed by atoms with Crippen LogP contribution >= 0.6 is 7.37 Å². The summed E-state index contributed by atoms with van der Waals surface area (Å²) in [4.78, 5) is 20.5. The summed E-state index contributed by atoms with van der Waals surface area (Å²) in [6.45, 7) is 1.34. The third-order valence-electron chi connectivity index (χ3n) is 2.65. The SMILES string of the molecule is C[C@@H](CP(=O)(O)[C@H](N)c1ccccc1O)C(=O)O. The van der Waals surface area contributed by atoms with Crippen molar-refractivity contribution in [2.24, 2.45) is 11.7 Å². The third-order valence-corrected chi connectivity index (χ3v) is 4.87. The second kappa shape index (κ2) is 5.52. The van der Waals surface area contributed by atoms with E-state index in [2.05, 4.69) is 0 Å². The minimum absolute atomic E-state index is 0.140. The van der Waals surface area contributed by atoms with Gasteiger partial charge in [-0.1, -0.05) is 25.1 Å². The fraction of sp³-hybridized carbons (Fsp3) is 0.364. The minimum atomic E-state index is -3.91. The average Bonchev–Trinajstić information content (AvgIpc) is 2.28. The van der Waals surface area contributed by atoms with Gasteiger partial charge in [-0.05, 0) is 6.07 Å². The monoisotopic (exact) mass is 273 g/mol. The molecule has 7 heteroatoms. The van der Waals surface area contributed by atoms with Crippen LogP contribution in [0, 0.1) is 5.92 Å². The van der Waals surface area contributed by atoms with Crippen LogP contribution in [0.4, 0.5) is 0 Å². The van der Waals surface area contributed by atoms with Crippen molar-refractivity contribution in [2.45, 2.75) is 12.7 Å². The molecule has 0 amide bonds. The van der Waals surface area contributed by atoms with E-state index >= 15 is 0 Å². The number of phenols is 1. The maximum atomic E-state index is 12.0. The summed E-state index contributed by atoms with van der Waals surface area (Å²) in [5, 5.41) is 18.3. The Morgan fingerprint density at radius 3 is 2.50 bits per heavy atom. The standard InChI is InChI=1S/C11H16NO5P/c1-7(11(14)15)6-18(16,17)10(12)8-4-2-3-5-9(8)13/h2-5,7,10,13H,6,12H2,1H3,(H,14,15)(H,16,17)/t7-,10-/m0/s1. The Morgan fingerprint density at radius 1 is 1.44 bits per heavy atom. The molecule has 1 rings (SSSR count). The number of hydrogen-bond donors (Lipinski definition) is 4. The van der Waals surface area contributed by atoms with Crippen LogP contribution in [0.5, 0.6) is 5.75 Å². The Labute approximate surface area is 105 Å². The number of aliphatic carboxylic acids is 1. The van der Waals surface area contributed by atoms with Gasteiger partial charge in [-0.2, -0.15) is 0 Å². The second-order valence-electron chi connectivity index (χ2n) is 4.18. The molecule has 1 aromatic carbocycles. The van der Waals surface area contributed by atoms with Gasteiger partial charge in [0.2, 0.25) is 7.37 Å². The summed E-state index contributed by atoms with van der Waals surface area (Å²) in [7, 11) is -3.91. The molecule has 0 aliphatic rings. The molecular formula is C11H16NO5P. The van der Waals surface area contributed by atoms with Crippen LogP contribution in [0.2, 0.25) is 0 Å². The van der Waals surface area contributed by atoms with Crippen molar-refractivity contribution >= 4 is 13.3 Å². The number of nitrogens with two attached hydrogens (primary N) is 1. The number of phenolic OH excluding ortho intramolecular Hbond substituents is 1. The summed E-state index contributed by atoms with van der Waals surface area (Å²) >= 11 is 0. The van der Waals surface area contributed by atoms with Gasteiger partial charge < -0.3 is 20.8 Å². The number of carboxylic acids is 1. The highest BCUT2D eigenvalue weighted by Gasteiger charge is 2.34. The average molecular weight is 273 g/mol. The van der Waals surface area contributed by atoms with Crippen LogP contribution in [0.3, 0.4) is 0 Å². The fourth-order valence-corrected chi connectivity index (χ4v) is 3.36. The first-order valence-corrected chi connectivity index (χ1v) is 7.25. The van der Waals surface area contributed by atoms with Crippen LogP contribution in [0.1, 0.15) is 18.3 Å². The number of rotatable bonds is 5. The van der Waals surface area contributed by atoms with Crippen molar-refractivity contribution in [3.8, 4) is 5.75 Å². The van der Waals surface area contributed by atoms with Gasteiger partial charge in [0.25, 0.3) is 0 Å². The van der Waals surface area contributed by atoms with Crippen LogP contribution in [0.25, 0.3) is 0 Å². The van der Waals surface area contributed by atoms with Crippen molar-refractivity contribution in [3.05, 3.63) is 29.8 Å². The highest BCUT2D eigenvalue weighted by Crippen LogP contribution is 2.55. The Bertz CT molecular complexity index is 490. The molecule has 100 valence electrons. The summed E-state index contributed by atoms with van der Waals surface area (Å²) < 4.78 is 12.0. The van der Waals surface area contributed by atoms with E-state index in [1.165, 1.54) is 19.1 Å². The molecule has 0 heterocycles. The van der Waals surface area contributed by atoms with E-state index in [0.717, 1.165) is 0 Å². The molecule has 0 radical (unpaired) electrons. The van der Waals surface area contributed by atoms with Crippen LogP contribution in [-0.2, 0) is 9.36 Å². The molecule has 6 nitrogen and oxygen atoms in total. The van der Waals surface area contributed by atoms with Crippen molar-refractivity contribution < 1.29 is 24.5 Å². The Hall–Kier alpha value is -1.36. The van der Waals surface area contributed by atoms with Crippen LogP contribution in [0.15, 0.2) is 24.3 Å². The second-order valence-corrected chi connectivity index (χ2v) is 6.61. The molecule has 0 aromatic heterocycles. The summed E-state index contributed by atoms with van der Waals surface area (Å²) in [6.07, 6.45) is -0.433. The zero-order valence-electron chi connectivity index (χ0n) is 9.85. The zero-order valence-corrected chi connectivity index (χ0v) is 10.7. The third kappa shape index (κ3) is 3.32. The van der Waals surface area contributed by atoms with E-state index in [-0.39, 0.29) is 11.3 Å². The molecule has 5 N–H and O–H groups in total. The molecule has 0 saturated heterocycles. The first-order valence-electron chi connectivity index (χ1n) is 5.33. The molecule has 0 aliphatic heterocycles. The van der Waals surface area contributed by atoms with Gasteiger partial charge in [-0.25, -0.2) is 0 Å². The smallest absolute Gasteiger partial charge is 0.306 e. The molecule has 0 saturated carbocycles. The summed E-state index contributed by atoms with van der Waals surface area (Å²) in [5.41, 5.74) is 5.80. The first kappa shape index (κ1) is 14.7. The Kier molecular flexibility index (Phi) is 4.51. The van der Waals surface area contributed by atoms with Crippen molar-refractivity contribution in [1.82, 2.24) is 0 Å². The van der Waals surface area contributed by atoms with E-state index in [4.69, 9.17) is 10.8 Å². The lowest BCUT2D eigenvalue weighted by atomic mass is 10.2. The lowest BCUT2D eigenvalue weighted by molar-refractivity contribution is -0.140. The molecule has 0 bridgehead atoms. The van der Waals surface area contributed by atoms with Gasteiger partial charge in [0.15, 0.2) is 0 Å². The van der Waals surface area contributed by atoms with E-state index < -0.39 is 31.2 Å². The lowest BCUT2D eigenvalue weighted by Crippen LogP contribution is -2.20. The quantitative estimate of drug-likeness (QED) is 0.601. The number of benzene rings is 1. The van der Waals surface area contributed by atoms with Crippen LogP contribution < -0.4 is 5.73 Å². The van der Waals surface area contributed by atoms with Gasteiger partial charge in [0.05, 0.1) is 5.92 Å². The highest BCUT2D eigenvalue weighted by atomic mass is 31.2. The van der Waals surface area contributed by atoms with Crippen molar-refractivity contribution in [3.63, 3.8) is 0 Å². The summed E-state index contributed by atoms with van der Waals surface area (Å²) in [6, 6.07) is 5.94. The molecular weight excluding hydrogens is 257 g/mol. The molecule has 18 heavy (non-hydrogen) atoms. The largest absolute Gasteiger partial charge is 0.508 e. The lowest BCUT2D eigenvalue weighted by Gasteiger charge is -2.21. The number of para-hydroxylation sites is 1. The Balaban J connectivity index is 2.95. The zero-order chi connectivity index (χ0) is 13.9. The molecule has 3 atom stereocenters. The highest BCUT2D eigenvalue weighted by molar-refractivity contribution is 7.58. The molecule has 0 aliphatic carbocycles. The fourth-order valence-electron chi connectivity index (χ4n) is 1.54. The Morgan fingerprint density at radius 2 is 2.00 bits per heavy atom. The van der Waals surface area contributed by atoms with Gasteiger partial charge in [0, 0.05) is 11.7 Å². The number of carboxylic acid groups (broad SMARTS) is 1. The maximum absolute atomic E-state index is 12.0. The normalized spacial score (nSPS) is 17.7. The van der Waals surface area contributed by atoms with Gasteiger partial charge >= 0.3 is 5.97 Å². The van der Waals surface area contributed by atoms with Gasteiger partial charge in [-0.15, -0.1) is 0 Å². The van der Waals surface area contributed by atoms with Crippen LogP contribution in [-0.4, -0.2) is 27.2 Å². The van der Waals surface area contributed by atoms with Gasteiger partial charge in [-0.3, -0.25) is 9.36 Å². The van der Waals surface area contributed by atoms with E-state index in [0.29, 0.717) is 0 Å². The molecule has 1 aromatic rings. The van der Waals surface area contributed by atoms with Gasteiger partial charge in [0.1, 0.15) is 11.5 Å². The number of carbonyl (C=O) groups is 1. The predicted molar refractivity (Wildman–Crippen MR) is 66.5 cm³/mol. The number of aromatic hydroxyl groups is 1. The molecule has 0 spiro atoms. The van der Waals surface area contributed by atoms with E-state index in [9.17, 15) is 19.4 Å².